The molecule has 0 aliphatic carbocycles. The van der Waals surface area contributed by atoms with Crippen LogP contribution in [0.5, 0.6) is 0 Å². The molecule has 8 nitrogen and oxygen atoms in total. The van der Waals surface area contributed by atoms with Gasteiger partial charge in [-0.3, -0.25) is 4.79 Å². The number of aryl methyl sites for hydroxylation is 2. The summed E-state index contributed by atoms with van der Waals surface area (Å²) in [6.45, 7) is 6.42. The maximum Gasteiger partial charge on any atom is 0.234 e. The van der Waals surface area contributed by atoms with Gasteiger partial charge in [-0.05, 0) is 45.0 Å². The van der Waals surface area contributed by atoms with E-state index in [1.165, 1.54) is 28.7 Å². The average Bonchev–Trinajstić information content (AvgIpc) is 3.49. The van der Waals surface area contributed by atoms with E-state index >= 15 is 0 Å². The molecule has 2 N–H and O–H groups in total. The Morgan fingerprint density at radius 2 is 1.97 bits per heavy atom. The number of hydrogen-bond donors (Lipinski definition) is 2. The fraction of sp³-hybridized carbons (Fsp3) is 0.238. The SMILES string of the molecule is Cc1ccc(-n2nc(C)c(NC(=O)CSc3nnc(NCc4ccco4)s3)c2C)cc1. The second kappa shape index (κ2) is 9.36. The average molecular weight is 455 g/mol. The summed E-state index contributed by atoms with van der Waals surface area (Å²) in [6.07, 6.45) is 1.63. The highest BCUT2D eigenvalue weighted by atomic mass is 32.2. The quantitative estimate of drug-likeness (QED) is 0.376. The van der Waals surface area contributed by atoms with Gasteiger partial charge >= 0.3 is 0 Å². The van der Waals surface area contributed by atoms with Gasteiger partial charge in [0.15, 0.2) is 4.34 Å². The van der Waals surface area contributed by atoms with Gasteiger partial charge in [0.1, 0.15) is 5.76 Å². The number of nitrogens with zero attached hydrogens (tertiary/aromatic N) is 4. The largest absolute Gasteiger partial charge is 0.467 e. The fourth-order valence-electron chi connectivity index (χ4n) is 2.98. The summed E-state index contributed by atoms with van der Waals surface area (Å²) in [7, 11) is 0. The van der Waals surface area contributed by atoms with Gasteiger partial charge in [-0.25, -0.2) is 4.68 Å². The standard InChI is InChI=1S/C21H22N6O2S2/c1-13-6-8-16(9-7-13)27-15(3)19(14(2)26-27)23-18(28)12-30-21-25-24-20(31-21)22-11-17-5-4-10-29-17/h4-10H,11-12H2,1-3H3,(H,22,24)(H,23,28). The van der Waals surface area contributed by atoms with Crippen LogP contribution in [-0.2, 0) is 11.3 Å². The van der Waals surface area contributed by atoms with Crippen molar-refractivity contribution >= 4 is 39.8 Å². The summed E-state index contributed by atoms with van der Waals surface area (Å²) in [5.41, 5.74) is 4.55. The number of aromatic nitrogens is 4. The first-order valence-electron chi connectivity index (χ1n) is 9.65. The van der Waals surface area contributed by atoms with Crippen LogP contribution < -0.4 is 10.6 Å². The normalized spacial score (nSPS) is 10.9. The molecule has 4 rings (SSSR count). The molecule has 0 aliphatic rings. The zero-order valence-electron chi connectivity index (χ0n) is 17.4. The second-order valence-electron chi connectivity index (χ2n) is 6.94. The van der Waals surface area contributed by atoms with E-state index in [2.05, 4.69) is 25.9 Å². The zero-order valence-corrected chi connectivity index (χ0v) is 19.0. The third-order valence-corrected chi connectivity index (χ3v) is 6.58. The Kier molecular flexibility index (Phi) is 6.38. The minimum Gasteiger partial charge on any atom is -0.467 e. The lowest BCUT2D eigenvalue weighted by Crippen LogP contribution is -2.15. The molecule has 4 aromatic rings. The van der Waals surface area contributed by atoms with Crippen molar-refractivity contribution in [2.45, 2.75) is 31.7 Å². The maximum atomic E-state index is 12.5. The minimum atomic E-state index is -0.111. The molecule has 0 atom stereocenters. The lowest BCUT2D eigenvalue weighted by molar-refractivity contribution is -0.113. The molecule has 0 radical (unpaired) electrons. The van der Waals surface area contributed by atoms with Crippen LogP contribution in [0.4, 0.5) is 10.8 Å². The highest BCUT2D eigenvalue weighted by Crippen LogP contribution is 2.27. The maximum absolute atomic E-state index is 12.5. The van der Waals surface area contributed by atoms with Crippen molar-refractivity contribution in [1.82, 2.24) is 20.0 Å². The van der Waals surface area contributed by atoms with E-state index in [1.807, 2.05) is 61.9 Å². The molecule has 0 aliphatic heterocycles. The minimum absolute atomic E-state index is 0.111. The van der Waals surface area contributed by atoms with E-state index in [9.17, 15) is 4.79 Å². The van der Waals surface area contributed by atoms with Crippen LogP contribution in [0.1, 0.15) is 22.7 Å². The number of rotatable bonds is 8. The van der Waals surface area contributed by atoms with Gasteiger partial charge in [-0.2, -0.15) is 5.10 Å². The number of anilines is 2. The molecule has 0 saturated heterocycles. The van der Waals surface area contributed by atoms with Crippen LogP contribution in [0.2, 0.25) is 0 Å². The summed E-state index contributed by atoms with van der Waals surface area (Å²) in [4.78, 5) is 12.5. The van der Waals surface area contributed by atoms with Crippen molar-refractivity contribution in [1.29, 1.82) is 0 Å². The first kappa shape index (κ1) is 21.1. The third kappa shape index (κ3) is 5.15. The number of nitrogens with one attached hydrogen (secondary N) is 2. The third-order valence-electron chi connectivity index (χ3n) is 4.56. The van der Waals surface area contributed by atoms with Gasteiger partial charge in [0.2, 0.25) is 11.0 Å². The van der Waals surface area contributed by atoms with E-state index in [0.717, 1.165) is 32.9 Å². The number of furan rings is 1. The molecular weight excluding hydrogens is 432 g/mol. The van der Waals surface area contributed by atoms with Gasteiger partial charge < -0.3 is 15.1 Å². The van der Waals surface area contributed by atoms with Crippen molar-refractivity contribution in [3.63, 3.8) is 0 Å². The number of benzene rings is 1. The van der Waals surface area contributed by atoms with Crippen LogP contribution in [0.3, 0.4) is 0 Å². The van der Waals surface area contributed by atoms with E-state index in [-0.39, 0.29) is 11.7 Å². The van der Waals surface area contributed by atoms with Gasteiger partial charge in [0.05, 0.1) is 41.3 Å². The number of carbonyl (C=O) groups excluding carboxylic acids is 1. The summed E-state index contributed by atoms with van der Waals surface area (Å²) < 4.78 is 7.85. The predicted molar refractivity (Wildman–Crippen MR) is 123 cm³/mol. The van der Waals surface area contributed by atoms with E-state index in [4.69, 9.17) is 4.42 Å². The molecule has 1 aromatic carbocycles. The van der Waals surface area contributed by atoms with Crippen LogP contribution in [0.15, 0.2) is 51.4 Å². The van der Waals surface area contributed by atoms with E-state index in [1.54, 1.807) is 6.26 Å². The van der Waals surface area contributed by atoms with Crippen LogP contribution >= 0.6 is 23.1 Å². The van der Waals surface area contributed by atoms with Crippen LogP contribution in [0, 0.1) is 20.8 Å². The lowest BCUT2D eigenvalue weighted by atomic mass is 10.2. The molecule has 3 aromatic heterocycles. The molecule has 1 amide bonds. The van der Waals surface area contributed by atoms with Crippen LogP contribution in [-0.4, -0.2) is 31.6 Å². The first-order chi connectivity index (χ1) is 15.0. The Morgan fingerprint density at radius 1 is 1.16 bits per heavy atom. The van der Waals surface area contributed by atoms with Crippen molar-refractivity contribution < 1.29 is 9.21 Å². The van der Waals surface area contributed by atoms with Gasteiger partial charge in [-0.1, -0.05) is 40.8 Å². The number of amides is 1. The molecule has 0 saturated carbocycles. The molecule has 31 heavy (non-hydrogen) atoms. The molecule has 160 valence electrons. The molecule has 0 fully saturated rings. The molecule has 0 spiro atoms. The smallest absolute Gasteiger partial charge is 0.234 e. The first-order valence-corrected chi connectivity index (χ1v) is 11.5. The highest BCUT2D eigenvalue weighted by Gasteiger charge is 2.16. The second-order valence-corrected chi connectivity index (χ2v) is 9.14. The zero-order chi connectivity index (χ0) is 21.8. The number of hydrogen-bond acceptors (Lipinski definition) is 8. The van der Waals surface area contributed by atoms with Gasteiger partial charge in [0, 0.05) is 0 Å². The predicted octanol–water partition coefficient (Wildman–Crippen LogP) is 4.58. The van der Waals surface area contributed by atoms with E-state index in [0.29, 0.717) is 11.7 Å². The Bertz CT molecular complexity index is 1170. The number of thioether (sulfide) groups is 1. The Morgan fingerprint density at radius 3 is 2.71 bits per heavy atom. The van der Waals surface area contributed by atoms with Crippen molar-refractivity contribution in [2.75, 3.05) is 16.4 Å². The molecule has 3 heterocycles. The highest BCUT2D eigenvalue weighted by molar-refractivity contribution is 8.01. The van der Waals surface area contributed by atoms with Crippen molar-refractivity contribution in [3.8, 4) is 5.69 Å². The van der Waals surface area contributed by atoms with Crippen molar-refractivity contribution in [3.05, 3.63) is 65.4 Å². The summed E-state index contributed by atoms with van der Waals surface area (Å²) in [6, 6.07) is 11.8. The Hall–Kier alpha value is -3.11. The van der Waals surface area contributed by atoms with Crippen molar-refractivity contribution in [2.24, 2.45) is 0 Å². The number of carbonyl (C=O) groups is 1. The van der Waals surface area contributed by atoms with Gasteiger partial charge in [0.25, 0.3) is 0 Å². The summed E-state index contributed by atoms with van der Waals surface area (Å²) in [5.74, 6) is 0.946. The molecule has 0 bridgehead atoms. The van der Waals surface area contributed by atoms with Gasteiger partial charge in [-0.15, -0.1) is 10.2 Å². The van der Waals surface area contributed by atoms with E-state index < -0.39 is 0 Å². The lowest BCUT2D eigenvalue weighted by Gasteiger charge is -2.07. The molecule has 10 heteroatoms. The summed E-state index contributed by atoms with van der Waals surface area (Å²) >= 11 is 2.75. The molecular formula is C21H22N6O2S2. The van der Waals surface area contributed by atoms with Crippen LogP contribution in [0.25, 0.3) is 5.69 Å². The molecule has 0 unspecified atom stereocenters. The Labute approximate surface area is 188 Å². The Balaban J connectivity index is 1.33. The fourth-order valence-corrected chi connectivity index (χ4v) is 4.53. The monoisotopic (exact) mass is 454 g/mol. The summed E-state index contributed by atoms with van der Waals surface area (Å²) in [5, 5.41) is 19.6. The topological polar surface area (TPSA) is 97.9 Å².